The standard InChI is InChI=1S/C22H28N2O4/c1-14-6-7-15(2)24(14)20-10-8-19(9-11-20)22(26)28-18(5)21(25)23-12-16(3)27-17(4)13-23/h6-11,16-18H,12-13H2,1-5H3/t16-,17-,18-/m1/s1. The molecule has 1 amide bonds. The maximum absolute atomic E-state index is 12.6. The number of aryl methyl sites for hydroxylation is 2. The van der Waals surface area contributed by atoms with Gasteiger partial charge in [-0.15, -0.1) is 0 Å². The molecule has 0 bridgehead atoms. The molecule has 6 heteroatoms. The lowest BCUT2D eigenvalue weighted by atomic mass is 10.2. The molecule has 1 aliphatic heterocycles. The smallest absolute Gasteiger partial charge is 0.338 e. The third kappa shape index (κ3) is 4.28. The van der Waals surface area contributed by atoms with Gasteiger partial charge in [0.15, 0.2) is 6.10 Å². The van der Waals surface area contributed by atoms with Crippen LogP contribution in [0.4, 0.5) is 0 Å². The lowest BCUT2D eigenvalue weighted by Crippen LogP contribution is -2.51. The maximum Gasteiger partial charge on any atom is 0.338 e. The normalized spacial score (nSPS) is 20.7. The number of esters is 1. The van der Waals surface area contributed by atoms with E-state index in [4.69, 9.17) is 9.47 Å². The molecule has 0 aliphatic carbocycles. The molecule has 3 rings (SSSR count). The molecule has 1 aromatic carbocycles. The van der Waals surface area contributed by atoms with E-state index >= 15 is 0 Å². The fraction of sp³-hybridized carbons (Fsp3) is 0.455. The largest absolute Gasteiger partial charge is 0.449 e. The predicted octanol–water partition coefficient (Wildman–Crippen LogP) is 3.28. The number of aromatic nitrogens is 1. The molecule has 1 aromatic heterocycles. The molecule has 0 saturated carbocycles. The molecule has 1 aliphatic rings. The van der Waals surface area contributed by atoms with Crippen molar-refractivity contribution >= 4 is 11.9 Å². The molecule has 28 heavy (non-hydrogen) atoms. The Morgan fingerprint density at radius 1 is 1.00 bits per heavy atom. The second kappa shape index (κ2) is 8.19. The number of hydrogen-bond acceptors (Lipinski definition) is 4. The molecular formula is C22H28N2O4. The van der Waals surface area contributed by atoms with E-state index in [1.54, 1.807) is 24.0 Å². The zero-order chi connectivity index (χ0) is 20.4. The highest BCUT2D eigenvalue weighted by molar-refractivity contribution is 5.92. The molecule has 0 N–H and O–H groups in total. The van der Waals surface area contributed by atoms with E-state index in [0.717, 1.165) is 17.1 Å². The first-order valence-corrected chi connectivity index (χ1v) is 9.67. The third-order valence-electron chi connectivity index (χ3n) is 5.00. The van der Waals surface area contributed by atoms with Crippen LogP contribution in [0.3, 0.4) is 0 Å². The molecule has 2 aromatic rings. The molecule has 3 atom stereocenters. The van der Waals surface area contributed by atoms with Gasteiger partial charge < -0.3 is 18.9 Å². The van der Waals surface area contributed by atoms with Crippen molar-refractivity contribution < 1.29 is 19.1 Å². The topological polar surface area (TPSA) is 60.8 Å². The Bertz CT molecular complexity index is 826. The van der Waals surface area contributed by atoms with Crippen LogP contribution >= 0.6 is 0 Å². The Morgan fingerprint density at radius 3 is 2.07 bits per heavy atom. The Labute approximate surface area is 166 Å². The molecule has 1 saturated heterocycles. The molecule has 1 fully saturated rings. The molecule has 150 valence electrons. The second-order valence-corrected chi connectivity index (χ2v) is 7.55. The SMILES string of the molecule is Cc1ccc(C)n1-c1ccc(C(=O)O[C@H](C)C(=O)N2C[C@@H](C)O[C@H](C)C2)cc1. The summed E-state index contributed by atoms with van der Waals surface area (Å²) in [6.45, 7) is 10.6. The van der Waals surface area contributed by atoms with Crippen LogP contribution in [-0.4, -0.2) is 52.7 Å². The molecule has 6 nitrogen and oxygen atoms in total. The van der Waals surface area contributed by atoms with E-state index in [0.29, 0.717) is 18.7 Å². The minimum atomic E-state index is -0.835. The highest BCUT2D eigenvalue weighted by atomic mass is 16.5. The van der Waals surface area contributed by atoms with Crippen molar-refractivity contribution in [3.05, 3.63) is 53.3 Å². The summed E-state index contributed by atoms with van der Waals surface area (Å²) in [5.41, 5.74) is 3.66. The minimum absolute atomic E-state index is 0.0243. The second-order valence-electron chi connectivity index (χ2n) is 7.55. The van der Waals surface area contributed by atoms with Gasteiger partial charge in [-0.25, -0.2) is 4.79 Å². The van der Waals surface area contributed by atoms with Crippen molar-refractivity contribution in [3.8, 4) is 5.69 Å². The zero-order valence-corrected chi connectivity index (χ0v) is 17.1. The van der Waals surface area contributed by atoms with Crippen molar-refractivity contribution in [2.75, 3.05) is 13.1 Å². The zero-order valence-electron chi connectivity index (χ0n) is 17.1. The predicted molar refractivity (Wildman–Crippen MR) is 107 cm³/mol. The van der Waals surface area contributed by atoms with Gasteiger partial charge in [0.25, 0.3) is 5.91 Å². The van der Waals surface area contributed by atoms with E-state index in [-0.39, 0.29) is 18.1 Å². The lowest BCUT2D eigenvalue weighted by molar-refractivity contribution is -0.151. The van der Waals surface area contributed by atoms with Crippen molar-refractivity contribution in [1.82, 2.24) is 9.47 Å². The average Bonchev–Trinajstić information content (AvgIpc) is 2.98. The van der Waals surface area contributed by atoms with Crippen LogP contribution in [0.2, 0.25) is 0 Å². The van der Waals surface area contributed by atoms with Gasteiger partial charge in [-0.1, -0.05) is 0 Å². The first-order valence-electron chi connectivity index (χ1n) is 9.67. The van der Waals surface area contributed by atoms with Crippen LogP contribution in [0, 0.1) is 13.8 Å². The molecule has 0 spiro atoms. The van der Waals surface area contributed by atoms with Crippen LogP contribution in [0.25, 0.3) is 5.69 Å². The Morgan fingerprint density at radius 2 is 1.54 bits per heavy atom. The minimum Gasteiger partial charge on any atom is -0.449 e. The van der Waals surface area contributed by atoms with Crippen LogP contribution < -0.4 is 0 Å². The van der Waals surface area contributed by atoms with Crippen molar-refractivity contribution in [2.24, 2.45) is 0 Å². The molecule has 0 radical (unpaired) electrons. The molecule has 2 heterocycles. The van der Waals surface area contributed by atoms with Crippen LogP contribution in [0.15, 0.2) is 36.4 Å². The average molecular weight is 384 g/mol. The highest BCUT2D eigenvalue weighted by Gasteiger charge is 2.30. The summed E-state index contributed by atoms with van der Waals surface area (Å²) < 4.78 is 13.2. The van der Waals surface area contributed by atoms with E-state index in [1.165, 1.54) is 0 Å². The van der Waals surface area contributed by atoms with E-state index in [1.807, 2.05) is 39.8 Å². The van der Waals surface area contributed by atoms with Gasteiger partial charge in [0.2, 0.25) is 0 Å². The maximum atomic E-state index is 12.6. The van der Waals surface area contributed by atoms with E-state index < -0.39 is 12.1 Å². The number of benzene rings is 1. The monoisotopic (exact) mass is 384 g/mol. The van der Waals surface area contributed by atoms with Gasteiger partial charge in [-0.3, -0.25) is 4.79 Å². The number of rotatable bonds is 4. The number of morpholine rings is 1. The Hall–Kier alpha value is -2.60. The van der Waals surface area contributed by atoms with Gasteiger partial charge in [-0.05, 0) is 71.0 Å². The summed E-state index contributed by atoms with van der Waals surface area (Å²) in [5.74, 6) is -0.687. The van der Waals surface area contributed by atoms with Gasteiger partial charge in [-0.2, -0.15) is 0 Å². The van der Waals surface area contributed by atoms with Crippen molar-refractivity contribution in [2.45, 2.75) is 52.9 Å². The van der Waals surface area contributed by atoms with Crippen LogP contribution in [0.1, 0.15) is 42.5 Å². The number of carbonyl (C=O) groups is 2. The van der Waals surface area contributed by atoms with Gasteiger partial charge in [0.1, 0.15) is 0 Å². The summed E-state index contributed by atoms with van der Waals surface area (Å²) in [6.07, 6.45) is -0.883. The lowest BCUT2D eigenvalue weighted by Gasteiger charge is -2.36. The van der Waals surface area contributed by atoms with Gasteiger partial charge in [0, 0.05) is 30.2 Å². The van der Waals surface area contributed by atoms with Crippen molar-refractivity contribution in [3.63, 3.8) is 0 Å². The number of carbonyl (C=O) groups excluding carboxylic acids is 2. The van der Waals surface area contributed by atoms with Crippen LogP contribution in [0.5, 0.6) is 0 Å². The fourth-order valence-corrected chi connectivity index (χ4v) is 3.72. The van der Waals surface area contributed by atoms with Gasteiger partial charge in [0.05, 0.1) is 17.8 Å². The van der Waals surface area contributed by atoms with Crippen molar-refractivity contribution in [1.29, 1.82) is 0 Å². The fourth-order valence-electron chi connectivity index (χ4n) is 3.72. The Kier molecular flexibility index (Phi) is 5.89. The number of ether oxygens (including phenoxy) is 2. The first kappa shape index (κ1) is 20.1. The number of amides is 1. The summed E-state index contributed by atoms with van der Waals surface area (Å²) in [5, 5.41) is 0. The molecule has 0 unspecified atom stereocenters. The van der Waals surface area contributed by atoms with Gasteiger partial charge >= 0.3 is 5.97 Å². The first-order chi connectivity index (χ1) is 13.3. The number of hydrogen-bond donors (Lipinski definition) is 0. The summed E-state index contributed by atoms with van der Waals surface area (Å²) in [6, 6.07) is 11.3. The summed E-state index contributed by atoms with van der Waals surface area (Å²) in [7, 11) is 0. The van der Waals surface area contributed by atoms with E-state index in [2.05, 4.69) is 16.7 Å². The molecular weight excluding hydrogens is 356 g/mol. The van der Waals surface area contributed by atoms with E-state index in [9.17, 15) is 9.59 Å². The third-order valence-corrected chi connectivity index (χ3v) is 5.00. The Balaban J connectivity index is 1.65. The van der Waals surface area contributed by atoms with Crippen LogP contribution in [-0.2, 0) is 14.3 Å². The highest BCUT2D eigenvalue weighted by Crippen LogP contribution is 2.18. The quantitative estimate of drug-likeness (QED) is 0.759. The summed E-state index contributed by atoms with van der Waals surface area (Å²) >= 11 is 0. The number of nitrogens with zero attached hydrogens (tertiary/aromatic N) is 2. The summed E-state index contributed by atoms with van der Waals surface area (Å²) in [4.78, 5) is 26.8.